The summed E-state index contributed by atoms with van der Waals surface area (Å²) in [6.07, 6.45) is 5.80. The molecule has 0 aliphatic carbocycles. The topological polar surface area (TPSA) is 87.7 Å². The molecule has 0 aromatic heterocycles. The van der Waals surface area contributed by atoms with Crippen LogP contribution in [-0.4, -0.2) is 34.5 Å². The Hall–Kier alpha value is -3.79. The number of benzene rings is 2. The van der Waals surface area contributed by atoms with E-state index in [2.05, 4.69) is 16.7 Å². The standard InChI is InChI=1S/C31H41N3O4/c1-11-20(4)26(33-30(37)38-31(8,9)10)29(36)34(12-2)27(24-18-19(3)16-17-21(24)5)28(35)32-25-22(6)14-13-15-23(25)7/h2,13-18,20,26-27H,11H2,1,3-10H3,(H,32,35)(H,33,37). The van der Waals surface area contributed by atoms with Gasteiger partial charge in [-0.3, -0.25) is 14.5 Å². The van der Waals surface area contributed by atoms with Crippen molar-refractivity contribution in [2.45, 2.75) is 86.4 Å². The molecule has 2 N–H and O–H groups in total. The molecule has 3 unspecified atom stereocenters. The third-order valence-corrected chi connectivity index (χ3v) is 6.49. The highest BCUT2D eigenvalue weighted by Gasteiger charge is 2.38. The smallest absolute Gasteiger partial charge is 0.408 e. The average molecular weight is 520 g/mol. The molecule has 38 heavy (non-hydrogen) atoms. The van der Waals surface area contributed by atoms with Crippen molar-refractivity contribution >= 4 is 23.6 Å². The fraction of sp³-hybridized carbons (Fsp3) is 0.452. The maximum Gasteiger partial charge on any atom is 0.408 e. The molecule has 0 bridgehead atoms. The van der Waals surface area contributed by atoms with Crippen molar-refractivity contribution in [2.24, 2.45) is 5.92 Å². The van der Waals surface area contributed by atoms with Gasteiger partial charge in [0.2, 0.25) is 0 Å². The second-order valence-electron chi connectivity index (χ2n) is 10.9. The van der Waals surface area contributed by atoms with Crippen LogP contribution >= 0.6 is 0 Å². The predicted octanol–water partition coefficient (Wildman–Crippen LogP) is 5.96. The summed E-state index contributed by atoms with van der Waals surface area (Å²) in [5, 5.41) is 5.71. The molecule has 0 heterocycles. The second kappa shape index (κ2) is 12.6. The highest BCUT2D eigenvalue weighted by atomic mass is 16.6. The van der Waals surface area contributed by atoms with Crippen molar-refractivity contribution in [1.29, 1.82) is 0 Å². The molecule has 0 spiro atoms. The number of terminal acetylenes is 1. The van der Waals surface area contributed by atoms with Crippen LogP contribution in [0.15, 0.2) is 36.4 Å². The predicted molar refractivity (Wildman–Crippen MR) is 151 cm³/mol. The first-order valence-electron chi connectivity index (χ1n) is 12.9. The number of ether oxygens (including phenoxy) is 1. The van der Waals surface area contributed by atoms with Crippen LogP contribution in [0.2, 0.25) is 0 Å². The zero-order valence-corrected chi connectivity index (χ0v) is 24.1. The normalized spacial score (nSPS) is 13.5. The van der Waals surface area contributed by atoms with Crippen molar-refractivity contribution in [3.05, 3.63) is 64.2 Å². The Morgan fingerprint density at radius 2 is 1.63 bits per heavy atom. The Labute approximate surface area is 227 Å². The van der Waals surface area contributed by atoms with Gasteiger partial charge >= 0.3 is 6.09 Å². The van der Waals surface area contributed by atoms with Gasteiger partial charge in [-0.25, -0.2) is 4.79 Å². The molecule has 0 radical (unpaired) electrons. The number of rotatable bonds is 8. The zero-order chi connectivity index (χ0) is 28.8. The lowest BCUT2D eigenvalue weighted by atomic mass is 9.93. The Morgan fingerprint density at radius 1 is 1.03 bits per heavy atom. The minimum Gasteiger partial charge on any atom is -0.444 e. The number of carbonyl (C=O) groups excluding carboxylic acids is 3. The quantitative estimate of drug-likeness (QED) is 0.333. The van der Waals surface area contributed by atoms with Crippen molar-refractivity contribution in [2.75, 3.05) is 5.32 Å². The van der Waals surface area contributed by atoms with Crippen molar-refractivity contribution in [1.82, 2.24) is 10.2 Å². The van der Waals surface area contributed by atoms with E-state index in [4.69, 9.17) is 11.2 Å². The molecule has 7 heteroatoms. The van der Waals surface area contributed by atoms with Gasteiger partial charge in [-0.1, -0.05) is 68.7 Å². The fourth-order valence-corrected chi connectivity index (χ4v) is 4.19. The van der Waals surface area contributed by atoms with Crippen LogP contribution < -0.4 is 10.6 Å². The second-order valence-corrected chi connectivity index (χ2v) is 10.9. The van der Waals surface area contributed by atoms with E-state index >= 15 is 0 Å². The van der Waals surface area contributed by atoms with Crippen LogP contribution in [0, 0.1) is 46.1 Å². The first-order chi connectivity index (χ1) is 17.7. The highest BCUT2D eigenvalue weighted by molar-refractivity contribution is 6.00. The number of carbonyl (C=O) groups is 3. The lowest BCUT2D eigenvalue weighted by Crippen LogP contribution is -2.53. The van der Waals surface area contributed by atoms with Crippen LogP contribution in [0.5, 0.6) is 0 Å². The van der Waals surface area contributed by atoms with Gasteiger partial charge in [-0.2, -0.15) is 0 Å². The number of hydrogen-bond acceptors (Lipinski definition) is 4. The number of para-hydroxylation sites is 1. The molecular formula is C31H41N3O4. The third kappa shape index (κ3) is 7.61. The highest BCUT2D eigenvalue weighted by Crippen LogP contribution is 2.30. The number of alkyl carbamates (subject to hydrolysis) is 1. The Kier molecular flexibility index (Phi) is 10.1. The van der Waals surface area contributed by atoms with Gasteiger partial charge in [0.25, 0.3) is 11.8 Å². The Balaban J connectivity index is 2.59. The van der Waals surface area contributed by atoms with Crippen LogP contribution in [0.25, 0.3) is 0 Å². The zero-order valence-electron chi connectivity index (χ0n) is 24.1. The van der Waals surface area contributed by atoms with E-state index in [9.17, 15) is 14.4 Å². The average Bonchev–Trinajstić information content (AvgIpc) is 2.83. The van der Waals surface area contributed by atoms with E-state index in [0.717, 1.165) is 27.2 Å². The van der Waals surface area contributed by atoms with Crippen LogP contribution in [-0.2, 0) is 14.3 Å². The first kappa shape index (κ1) is 30.4. The molecule has 0 aliphatic heterocycles. The number of aryl methyl sites for hydroxylation is 4. The van der Waals surface area contributed by atoms with Crippen LogP contribution in [0.3, 0.4) is 0 Å². The largest absolute Gasteiger partial charge is 0.444 e. The van der Waals surface area contributed by atoms with E-state index < -0.39 is 35.6 Å². The van der Waals surface area contributed by atoms with Gasteiger partial charge < -0.3 is 15.4 Å². The van der Waals surface area contributed by atoms with Gasteiger partial charge in [0, 0.05) is 11.7 Å². The third-order valence-electron chi connectivity index (χ3n) is 6.49. The SMILES string of the molecule is C#CN(C(=O)C(NC(=O)OC(C)(C)C)C(C)CC)C(C(=O)Nc1c(C)cccc1C)c1cc(C)ccc1C. The summed E-state index contributed by atoms with van der Waals surface area (Å²) in [5.41, 5.74) is 4.05. The van der Waals surface area contributed by atoms with E-state index in [-0.39, 0.29) is 5.92 Å². The lowest BCUT2D eigenvalue weighted by molar-refractivity contribution is -0.137. The van der Waals surface area contributed by atoms with Gasteiger partial charge in [-0.05, 0) is 76.6 Å². The summed E-state index contributed by atoms with van der Waals surface area (Å²) in [6, 6.07) is 11.8. The van der Waals surface area contributed by atoms with Crippen molar-refractivity contribution in [3.63, 3.8) is 0 Å². The van der Waals surface area contributed by atoms with E-state index in [1.165, 1.54) is 0 Å². The molecule has 0 aliphatic rings. The van der Waals surface area contributed by atoms with Crippen LogP contribution in [0.1, 0.15) is 74.9 Å². The van der Waals surface area contributed by atoms with Gasteiger partial charge in [-0.15, -0.1) is 0 Å². The maximum atomic E-state index is 14.0. The molecule has 2 rings (SSSR count). The molecule has 0 saturated heterocycles. The molecule has 204 valence electrons. The van der Waals surface area contributed by atoms with Crippen LogP contribution in [0.4, 0.5) is 10.5 Å². The molecule has 3 amide bonds. The van der Waals surface area contributed by atoms with Crippen molar-refractivity contribution < 1.29 is 19.1 Å². The fourth-order valence-electron chi connectivity index (χ4n) is 4.19. The summed E-state index contributed by atoms with van der Waals surface area (Å²) < 4.78 is 5.41. The summed E-state index contributed by atoms with van der Waals surface area (Å²) in [4.78, 5) is 41.7. The molecule has 3 atom stereocenters. The number of nitrogens with one attached hydrogen (secondary N) is 2. The minimum atomic E-state index is -1.13. The maximum absolute atomic E-state index is 14.0. The number of hydrogen-bond donors (Lipinski definition) is 2. The number of anilines is 1. The Morgan fingerprint density at radius 3 is 2.16 bits per heavy atom. The van der Waals surface area contributed by atoms with Gasteiger partial charge in [0.1, 0.15) is 17.7 Å². The summed E-state index contributed by atoms with van der Waals surface area (Å²) in [6.45, 7) is 16.6. The molecule has 2 aromatic carbocycles. The number of nitrogens with zero attached hydrogens (tertiary/aromatic N) is 1. The molecule has 7 nitrogen and oxygen atoms in total. The summed E-state index contributed by atoms with van der Waals surface area (Å²) in [5.74, 6) is -1.27. The van der Waals surface area contributed by atoms with E-state index in [1.54, 1.807) is 20.8 Å². The Bertz CT molecular complexity index is 1200. The molecular weight excluding hydrogens is 478 g/mol. The van der Waals surface area contributed by atoms with Crippen molar-refractivity contribution in [3.8, 4) is 12.5 Å². The van der Waals surface area contributed by atoms with Gasteiger partial charge in [0.05, 0.1) is 0 Å². The first-order valence-corrected chi connectivity index (χ1v) is 12.9. The van der Waals surface area contributed by atoms with E-state index in [0.29, 0.717) is 17.7 Å². The molecule has 2 aromatic rings. The molecule has 0 saturated carbocycles. The molecule has 0 fully saturated rings. The summed E-state index contributed by atoms with van der Waals surface area (Å²) in [7, 11) is 0. The monoisotopic (exact) mass is 519 g/mol. The number of amides is 3. The van der Waals surface area contributed by atoms with Gasteiger partial charge in [0.15, 0.2) is 0 Å². The lowest BCUT2D eigenvalue weighted by Gasteiger charge is -2.33. The summed E-state index contributed by atoms with van der Waals surface area (Å²) >= 11 is 0. The minimum absolute atomic E-state index is 0.271. The van der Waals surface area contributed by atoms with E-state index in [1.807, 2.05) is 77.9 Å².